The third-order valence-corrected chi connectivity index (χ3v) is 2.76. The zero-order valence-corrected chi connectivity index (χ0v) is 13.2. The van der Waals surface area contributed by atoms with E-state index < -0.39 is 17.7 Å². The van der Waals surface area contributed by atoms with Gasteiger partial charge in [0.25, 0.3) is 0 Å². The summed E-state index contributed by atoms with van der Waals surface area (Å²) in [6, 6.07) is 10.9. The van der Waals surface area contributed by atoms with Crippen molar-refractivity contribution in [1.82, 2.24) is 9.78 Å². The standard InChI is InChI=1S/C16H19N3O4/c1-16(2,3)23-15(22)17-13-9-12(11-7-5-4-6-8-11)18-19(13)10-14(20)21/h4-9H,10H2,1-3H3,(H,17,22)(H,20,21). The Labute approximate surface area is 133 Å². The average molecular weight is 317 g/mol. The van der Waals surface area contributed by atoms with Crippen molar-refractivity contribution in [3.63, 3.8) is 0 Å². The van der Waals surface area contributed by atoms with Crippen LogP contribution >= 0.6 is 0 Å². The Bertz CT molecular complexity index is 702. The van der Waals surface area contributed by atoms with Crippen molar-refractivity contribution in [2.45, 2.75) is 32.9 Å². The molecule has 0 radical (unpaired) electrons. The number of anilines is 1. The molecule has 23 heavy (non-hydrogen) atoms. The molecule has 2 aromatic rings. The number of carbonyl (C=O) groups excluding carboxylic acids is 1. The Morgan fingerprint density at radius 2 is 1.91 bits per heavy atom. The third-order valence-electron chi connectivity index (χ3n) is 2.76. The second-order valence-corrected chi connectivity index (χ2v) is 5.96. The van der Waals surface area contributed by atoms with Gasteiger partial charge in [-0.1, -0.05) is 30.3 Å². The predicted octanol–water partition coefficient (Wildman–Crippen LogP) is 2.98. The van der Waals surface area contributed by atoms with Gasteiger partial charge >= 0.3 is 12.1 Å². The van der Waals surface area contributed by atoms with Crippen LogP contribution in [0.3, 0.4) is 0 Å². The number of hydrogen-bond acceptors (Lipinski definition) is 4. The molecule has 0 aliphatic carbocycles. The zero-order valence-electron chi connectivity index (χ0n) is 13.2. The lowest BCUT2D eigenvalue weighted by molar-refractivity contribution is -0.137. The molecular formula is C16H19N3O4. The smallest absolute Gasteiger partial charge is 0.413 e. The van der Waals surface area contributed by atoms with Crippen molar-refractivity contribution in [3.05, 3.63) is 36.4 Å². The van der Waals surface area contributed by atoms with Crippen LogP contribution in [-0.2, 0) is 16.1 Å². The Kier molecular flexibility index (Phi) is 4.68. The lowest BCUT2D eigenvalue weighted by Crippen LogP contribution is -2.28. The van der Waals surface area contributed by atoms with Gasteiger partial charge in [-0.15, -0.1) is 0 Å². The number of hydrogen-bond donors (Lipinski definition) is 2. The summed E-state index contributed by atoms with van der Waals surface area (Å²) in [6.07, 6.45) is -0.663. The first-order valence-electron chi connectivity index (χ1n) is 7.10. The Balaban J connectivity index is 2.28. The van der Waals surface area contributed by atoms with Gasteiger partial charge in [0.2, 0.25) is 0 Å². The van der Waals surface area contributed by atoms with Crippen LogP contribution in [0.5, 0.6) is 0 Å². The summed E-state index contributed by atoms with van der Waals surface area (Å²) < 4.78 is 6.39. The number of benzene rings is 1. The molecule has 0 bridgehead atoms. The number of aromatic nitrogens is 2. The normalized spacial score (nSPS) is 11.1. The first kappa shape index (κ1) is 16.5. The molecule has 1 aromatic heterocycles. The van der Waals surface area contributed by atoms with Crippen molar-refractivity contribution in [1.29, 1.82) is 0 Å². The highest BCUT2D eigenvalue weighted by Crippen LogP contribution is 2.22. The molecular weight excluding hydrogens is 298 g/mol. The highest BCUT2D eigenvalue weighted by atomic mass is 16.6. The number of aliphatic carboxylic acids is 1. The van der Waals surface area contributed by atoms with Crippen molar-refractivity contribution in [3.8, 4) is 11.3 Å². The van der Waals surface area contributed by atoms with Gasteiger partial charge in [0.15, 0.2) is 0 Å². The zero-order chi connectivity index (χ0) is 17.0. The largest absolute Gasteiger partial charge is 0.480 e. The topological polar surface area (TPSA) is 93.5 Å². The number of amides is 1. The van der Waals surface area contributed by atoms with Gasteiger partial charge in [0.05, 0.1) is 5.69 Å². The molecule has 0 saturated carbocycles. The molecule has 1 aromatic carbocycles. The van der Waals surface area contributed by atoms with E-state index in [4.69, 9.17) is 9.84 Å². The van der Waals surface area contributed by atoms with Crippen molar-refractivity contribution < 1.29 is 19.4 Å². The number of carboxylic acids is 1. The monoisotopic (exact) mass is 317 g/mol. The molecule has 0 aliphatic heterocycles. The van der Waals surface area contributed by atoms with Crippen LogP contribution in [0.15, 0.2) is 36.4 Å². The van der Waals surface area contributed by atoms with Crippen LogP contribution in [0.1, 0.15) is 20.8 Å². The molecule has 1 amide bonds. The minimum Gasteiger partial charge on any atom is -0.480 e. The molecule has 0 spiro atoms. The van der Waals surface area contributed by atoms with Gasteiger partial charge in [-0.05, 0) is 20.8 Å². The summed E-state index contributed by atoms with van der Waals surface area (Å²) in [5.74, 6) is -0.791. The van der Waals surface area contributed by atoms with Crippen LogP contribution in [0.2, 0.25) is 0 Å². The molecule has 122 valence electrons. The maximum atomic E-state index is 11.9. The fraction of sp³-hybridized carbons (Fsp3) is 0.312. The fourth-order valence-electron chi connectivity index (χ4n) is 1.92. The number of carbonyl (C=O) groups is 2. The van der Waals surface area contributed by atoms with Gasteiger partial charge in [-0.3, -0.25) is 10.1 Å². The van der Waals surface area contributed by atoms with Crippen molar-refractivity contribution in [2.75, 3.05) is 5.32 Å². The van der Waals surface area contributed by atoms with Gasteiger partial charge in [-0.25, -0.2) is 9.48 Å². The number of nitrogens with one attached hydrogen (secondary N) is 1. The summed E-state index contributed by atoms with van der Waals surface area (Å²) in [6.45, 7) is 4.88. The second kappa shape index (κ2) is 6.51. The summed E-state index contributed by atoms with van der Waals surface area (Å²) in [5, 5.41) is 15.8. The van der Waals surface area contributed by atoms with Gasteiger partial charge < -0.3 is 9.84 Å². The minimum absolute atomic E-state index is 0.264. The summed E-state index contributed by atoms with van der Waals surface area (Å²) in [5.41, 5.74) is 0.742. The quantitative estimate of drug-likeness (QED) is 0.904. The maximum Gasteiger partial charge on any atom is 0.413 e. The van der Waals surface area contributed by atoms with E-state index in [1.54, 1.807) is 26.8 Å². The lowest BCUT2D eigenvalue weighted by Gasteiger charge is -2.19. The third kappa shape index (κ3) is 4.84. The number of rotatable bonds is 4. The van der Waals surface area contributed by atoms with E-state index >= 15 is 0 Å². The minimum atomic E-state index is -1.06. The fourth-order valence-corrected chi connectivity index (χ4v) is 1.92. The van der Waals surface area contributed by atoms with Gasteiger partial charge in [0, 0.05) is 11.6 Å². The summed E-state index contributed by atoms with van der Waals surface area (Å²) in [7, 11) is 0. The van der Waals surface area contributed by atoms with E-state index in [1.165, 1.54) is 4.68 Å². The van der Waals surface area contributed by atoms with Crippen LogP contribution in [0, 0.1) is 0 Å². The SMILES string of the molecule is CC(C)(C)OC(=O)Nc1cc(-c2ccccc2)nn1CC(=O)O. The van der Waals surface area contributed by atoms with Crippen LogP contribution in [-0.4, -0.2) is 32.6 Å². The van der Waals surface area contributed by atoms with E-state index in [9.17, 15) is 9.59 Å². The molecule has 2 rings (SSSR count). The average Bonchev–Trinajstić information content (AvgIpc) is 2.79. The van der Waals surface area contributed by atoms with E-state index in [0.717, 1.165) is 5.56 Å². The van der Waals surface area contributed by atoms with Gasteiger partial charge in [0.1, 0.15) is 18.0 Å². The van der Waals surface area contributed by atoms with Crippen molar-refractivity contribution >= 4 is 17.9 Å². The molecule has 1 heterocycles. The first-order chi connectivity index (χ1) is 10.7. The molecule has 0 aliphatic rings. The molecule has 2 N–H and O–H groups in total. The van der Waals surface area contributed by atoms with E-state index in [1.807, 2.05) is 30.3 Å². The van der Waals surface area contributed by atoms with Crippen LogP contribution in [0.4, 0.5) is 10.6 Å². The number of carboxylic acid groups (broad SMARTS) is 1. The first-order valence-corrected chi connectivity index (χ1v) is 7.10. The van der Waals surface area contributed by atoms with E-state index in [-0.39, 0.29) is 12.4 Å². The van der Waals surface area contributed by atoms with E-state index in [0.29, 0.717) is 5.69 Å². The number of ether oxygens (including phenoxy) is 1. The molecule has 0 atom stereocenters. The number of nitrogens with zero attached hydrogens (tertiary/aromatic N) is 2. The highest BCUT2D eigenvalue weighted by Gasteiger charge is 2.19. The van der Waals surface area contributed by atoms with E-state index in [2.05, 4.69) is 10.4 Å². The molecule has 7 heteroatoms. The molecule has 0 unspecified atom stereocenters. The van der Waals surface area contributed by atoms with Crippen molar-refractivity contribution in [2.24, 2.45) is 0 Å². The Hall–Kier alpha value is -2.83. The molecule has 0 fully saturated rings. The molecule has 7 nitrogen and oxygen atoms in total. The second-order valence-electron chi connectivity index (χ2n) is 5.96. The summed E-state index contributed by atoms with van der Waals surface area (Å²) in [4.78, 5) is 22.9. The Morgan fingerprint density at radius 3 is 2.48 bits per heavy atom. The Morgan fingerprint density at radius 1 is 1.26 bits per heavy atom. The van der Waals surface area contributed by atoms with Crippen LogP contribution in [0.25, 0.3) is 11.3 Å². The van der Waals surface area contributed by atoms with Crippen LogP contribution < -0.4 is 5.32 Å². The molecule has 0 saturated heterocycles. The highest BCUT2D eigenvalue weighted by molar-refractivity contribution is 5.85. The maximum absolute atomic E-state index is 11.9. The van der Waals surface area contributed by atoms with Gasteiger partial charge in [-0.2, -0.15) is 5.10 Å². The summed E-state index contributed by atoms with van der Waals surface area (Å²) >= 11 is 0. The predicted molar refractivity (Wildman–Crippen MR) is 85.2 cm³/mol. The lowest BCUT2D eigenvalue weighted by atomic mass is 10.2.